The van der Waals surface area contributed by atoms with E-state index in [2.05, 4.69) is 10.4 Å². The molecule has 22 heavy (non-hydrogen) atoms. The molecule has 0 aliphatic carbocycles. The molecule has 2 rings (SSSR count). The molecule has 1 heterocycles. The van der Waals surface area contributed by atoms with Crippen LogP contribution in [0.1, 0.15) is 34.6 Å². The monoisotopic (exact) mass is 303 g/mol. The highest BCUT2D eigenvalue weighted by molar-refractivity contribution is 5.95. The van der Waals surface area contributed by atoms with Gasteiger partial charge in [0.1, 0.15) is 5.69 Å². The van der Waals surface area contributed by atoms with Crippen molar-refractivity contribution in [2.75, 3.05) is 5.73 Å². The van der Waals surface area contributed by atoms with Crippen molar-refractivity contribution in [2.45, 2.75) is 19.9 Å². The number of nitrogens with two attached hydrogens (primary N) is 1. The summed E-state index contributed by atoms with van der Waals surface area (Å²) in [5.74, 6) is -0.404. The van der Waals surface area contributed by atoms with E-state index in [-0.39, 0.29) is 23.0 Å². The Balaban J connectivity index is 2.20. The molecule has 1 aromatic carbocycles. The van der Waals surface area contributed by atoms with Crippen molar-refractivity contribution in [3.05, 3.63) is 51.3 Å². The van der Waals surface area contributed by atoms with Crippen LogP contribution < -0.4 is 11.1 Å². The lowest BCUT2D eigenvalue weighted by atomic mass is 10.1. The van der Waals surface area contributed by atoms with E-state index in [0.717, 1.165) is 11.3 Å². The predicted octanol–water partition coefficient (Wildman–Crippen LogP) is 1.71. The molecule has 1 amide bonds. The molecule has 8 heteroatoms. The molecule has 0 bridgehead atoms. The quantitative estimate of drug-likeness (QED) is 0.506. The predicted molar refractivity (Wildman–Crippen MR) is 81.3 cm³/mol. The Bertz CT molecular complexity index is 738. The highest BCUT2D eigenvalue weighted by Gasteiger charge is 2.19. The summed E-state index contributed by atoms with van der Waals surface area (Å²) in [6, 6.07) is 3.72. The van der Waals surface area contributed by atoms with Gasteiger partial charge in [0, 0.05) is 29.9 Å². The van der Waals surface area contributed by atoms with Crippen LogP contribution in [0, 0.1) is 17.0 Å². The second-order valence-corrected chi connectivity index (χ2v) is 5.03. The number of anilines is 1. The van der Waals surface area contributed by atoms with Crippen molar-refractivity contribution in [3.8, 4) is 0 Å². The van der Waals surface area contributed by atoms with Crippen LogP contribution in [0.4, 0.5) is 11.4 Å². The van der Waals surface area contributed by atoms with E-state index in [0.29, 0.717) is 0 Å². The summed E-state index contributed by atoms with van der Waals surface area (Å²) in [6.45, 7) is 3.73. The van der Waals surface area contributed by atoms with Crippen molar-refractivity contribution >= 4 is 17.3 Å². The van der Waals surface area contributed by atoms with E-state index in [1.165, 1.54) is 18.2 Å². The summed E-state index contributed by atoms with van der Waals surface area (Å²) >= 11 is 0. The molecular formula is C14H17N5O3. The summed E-state index contributed by atoms with van der Waals surface area (Å²) in [5.41, 5.74) is 7.29. The lowest BCUT2D eigenvalue weighted by molar-refractivity contribution is -0.383. The number of benzene rings is 1. The van der Waals surface area contributed by atoms with E-state index >= 15 is 0 Å². The molecule has 1 unspecified atom stereocenters. The smallest absolute Gasteiger partial charge is 0.292 e. The molecule has 0 spiro atoms. The van der Waals surface area contributed by atoms with Crippen molar-refractivity contribution in [1.29, 1.82) is 0 Å². The number of hydrogen-bond donors (Lipinski definition) is 2. The minimum absolute atomic E-state index is 0.0257. The molecule has 0 aliphatic heterocycles. The molecule has 1 atom stereocenters. The standard InChI is InChI=1S/C14H17N5O3/c1-8(11-7-16-18(3)9(11)2)17-14(20)10-4-5-12(15)13(6-10)19(21)22/h4-8H,15H2,1-3H3,(H,17,20). The van der Waals surface area contributed by atoms with Gasteiger partial charge in [-0.25, -0.2) is 0 Å². The number of nitrogens with one attached hydrogen (secondary N) is 1. The van der Waals surface area contributed by atoms with Crippen molar-refractivity contribution in [2.24, 2.45) is 7.05 Å². The molecule has 0 saturated heterocycles. The highest BCUT2D eigenvalue weighted by atomic mass is 16.6. The summed E-state index contributed by atoms with van der Waals surface area (Å²) in [7, 11) is 1.82. The summed E-state index contributed by atoms with van der Waals surface area (Å²) in [4.78, 5) is 22.5. The van der Waals surface area contributed by atoms with Crippen LogP contribution in [-0.2, 0) is 7.05 Å². The van der Waals surface area contributed by atoms with Crippen LogP contribution in [-0.4, -0.2) is 20.6 Å². The molecule has 116 valence electrons. The zero-order valence-electron chi connectivity index (χ0n) is 12.5. The number of rotatable bonds is 4. The summed E-state index contributed by atoms with van der Waals surface area (Å²) in [6.07, 6.45) is 1.69. The Morgan fingerprint density at radius 3 is 2.73 bits per heavy atom. The Labute approximate surface area is 127 Å². The first kappa shape index (κ1) is 15.5. The highest BCUT2D eigenvalue weighted by Crippen LogP contribution is 2.23. The van der Waals surface area contributed by atoms with E-state index < -0.39 is 10.8 Å². The zero-order chi connectivity index (χ0) is 16.4. The molecule has 1 aromatic heterocycles. The summed E-state index contributed by atoms with van der Waals surface area (Å²) < 4.78 is 1.71. The van der Waals surface area contributed by atoms with Crippen molar-refractivity contribution < 1.29 is 9.72 Å². The fourth-order valence-corrected chi connectivity index (χ4v) is 2.14. The number of nitrogen functional groups attached to an aromatic ring is 1. The number of carbonyl (C=O) groups excluding carboxylic acids is 1. The number of carbonyl (C=O) groups is 1. The number of amides is 1. The van der Waals surface area contributed by atoms with Gasteiger partial charge in [0.2, 0.25) is 0 Å². The van der Waals surface area contributed by atoms with Gasteiger partial charge in [-0.1, -0.05) is 0 Å². The Morgan fingerprint density at radius 1 is 1.50 bits per heavy atom. The molecular weight excluding hydrogens is 286 g/mol. The van der Waals surface area contributed by atoms with Gasteiger partial charge in [-0.05, 0) is 26.0 Å². The van der Waals surface area contributed by atoms with E-state index in [1.54, 1.807) is 10.9 Å². The SMILES string of the molecule is Cc1c(C(C)NC(=O)c2ccc(N)c([N+](=O)[O-])c2)cnn1C. The van der Waals surface area contributed by atoms with Gasteiger partial charge in [0.25, 0.3) is 11.6 Å². The molecule has 3 N–H and O–H groups in total. The lowest BCUT2D eigenvalue weighted by Gasteiger charge is -2.14. The van der Waals surface area contributed by atoms with Crippen molar-refractivity contribution in [3.63, 3.8) is 0 Å². The van der Waals surface area contributed by atoms with Crippen LogP contribution in [0.3, 0.4) is 0 Å². The minimum Gasteiger partial charge on any atom is -0.393 e. The van der Waals surface area contributed by atoms with Crippen LogP contribution >= 0.6 is 0 Å². The van der Waals surface area contributed by atoms with Crippen LogP contribution in [0.2, 0.25) is 0 Å². The number of nitro benzene ring substituents is 1. The molecule has 0 aliphatic rings. The number of nitrogens with zero attached hydrogens (tertiary/aromatic N) is 3. The number of aromatic nitrogens is 2. The maximum atomic E-state index is 12.2. The Hall–Kier alpha value is -2.90. The topological polar surface area (TPSA) is 116 Å². The fraction of sp³-hybridized carbons (Fsp3) is 0.286. The molecule has 0 fully saturated rings. The molecule has 2 aromatic rings. The first-order valence-corrected chi connectivity index (χ1v) is 6.64. The second-order valence-electron chi connectivity index (χ2n) is 5.03. The third-order valence-corrected chi connectivity index (χ3v) is 3.58. The molecule has 8 nitrogen and oxygen atoms in total. The van der Waals surface area contributed by atoms with E-state index in [1.807, 2.05) is 20.9 Å². The average Bonchev–Trinajstić information content (AvgIpc) is 2.79. The second kappa shape index (κ2) is 5.84. The van der Waals surface area contributed by atoms with Gasteiger partial charge < -0.3 is 11.1 Å². The van der Waals surface area contributed by atoms with Gasteiger partial charge in [0.05, 0.1) is 17.2 Å². The van der Waals surface area contributed by atoms with Gasteiger partial charge in [-0.15, -0.1) is 0 Å². The van der Waals surface area contributed by atoms with Crippen LogP contribution in [0.25, 0.3) is 0 Å². The molecule has 0 saturated carbocycles. The lowest BCUT2D eigenvalue weighted by Crippen LogP contribution is -2.27. The van der Waals surface area contributed by atoms with Crippen molar-refractivity contribution in [1.82, 2.24) is 15.1 Å². The number of aryl methyl sites for hydroxylation is 1. The Morgan fingerprint density at radius 2 is 2.18 bits per heavy atom. The fourth-order valence-electron chi connectivity index (χ4n) is 2.14. The first-order valence-electron chi connectivity index (χ1n) is 6.64. The van der Waals surface area contributed by atoms with Crippen LogP contribution in [0.15, 0.2) is 24.4 Å². The first-order chi connectivity index (χ1) is 10.3. The largest absolute Gasteiger partial charge is 0.393 e. The van der Waals surface area contributed by atoms with Crippen LogP contribution in [0.5, 0.6) is 0 Å². The molecule has 0 radical (unpaired) electrons. The average molecular weight is 303 g/mol. The maximum absolute atomic E-state index is 12.2. The summed E-state index contributed by atoms with van der Waals surface area (Å²) in [5, 5.41) is 17.8. The maximum Gasteiger partial charge on any atom is 0.292 e. The third-order valence-electron chi connectivity index (χ3n) is 3.58. The zero-order valence-corrected chi connectivity index (χ0v) is 12.5. The third kappa shape index (κ3) is 2.90. The normalized spacial score (nSPS) is 12.0. The van der Waals surface area contributed by atoms with Gasteiger partial charge in [-0.2, -0.15) is 5.10 Å². The number of nitro groups is 1. The van der Waals surface area contributed by atoms with E-state index in [9.17, 15) is 14.9 Å². The minimum atomic E-state index is -0.610. The van der Waals surface area contributed by atoms with Gasteiger partial charge in [0.15, 0.2) is 0 Å². The van der Waals surface area contributed by atoms with Gasteiger partial charge >= 0.3 is 0 Å². The number of hydrogen-bond acceptors (Lipinski definition) is 5. The van der Waals surface area contributed by atoms with Gasteiger partial charge in [-0.3, -0.25) is 19.6 Å². The van der Waals surface area contributed by atoms with E-state index in [4.69, 9.17) is 5.73 Å². The Kier molecular flexibility index (Phi) is 4.11.